The van der Waals surface area contributed by atoms with E-state index in [4.69, 9.17) is 11.6 Å². The van der Waals surface area contributed by atoms with Gasteiger partial charge in [0.15, 0.2) is 0 Å². The van der Waals surface area contributed by atoms with E-state index in [1.165, 1.54) is 17.3 Å². The molecule has 0 radical (unpaired) electrons. The second-order valence-electron chi connectivity index (χ2n) is 6.72. The molecule has 1 atom stereocenters. The molecule has 0 aromatic heterocycles. The second kappa shape index (κ2) is 11.1. The van der Waals surface area contributed by atoms with Crippen molar-refractivity contribution >= 4 is 35.2 Å². The van der Waals surface area contributed by atoms with Gasteiger partial charge >= 0.3 is 0 Å². The highest BCUT2D eigenvalue weighted by atomic mass is 35.5. The van der Waals surface area contributed by atoms with E-state index >= 15 is 0 Å². The van der Waals surface area contributed by atoms with Gasteiger partial charge in [-0.3, -0.25) is 9.59 Å². The second-order valence-corrected chi connectivity index (χ2v) is 8.20. The van der Waals surface area contributed by atoms with Crippen molar-refractivity contribution in [3.63, 3.8) is 0 Å². The summed E-state index contributed by atoms with van der Waals surface area (Å²) in [7, 11) is 0. The van der Waals surface area contributed by atoms with Gasteiger partial charge in [0.1, 0.15) is 6.04 Å². The van der Waals surface area contributed by atoms with Crippen molar-refractivity contribution in [2.24, 2.45) is 0 Å². The van der Waals surface area contributed by atoms with E-state index in [1.54, 1.807) is 24.0 Å². The highest BCUT2D eigenvalue weighted by Crippen LogP contribution is 2.20. The Kier molecular flexibility index (Phi) is 8.87. The van der Waals surface area contributed by atoms with Crippen LogP contribution < -0.4 is 5.32 Å². The van der Waals surface area contributed by atoms with Crippen molar-refractivity contribution in [3.8, 4) is 0 Å². The monoisotopic (exact) mass is 418 g/mol. The molecule has 0 fully saturated rings. The summed E-state index contributed by atoms with van der Waals surface area (Å²) in [5, 5.41) is 3.53. The number of nitrogens with one attached hydrogen (secondary N) is 1. The van der Waals surface area contributed by atoms with Gasteiger partial charge in [-0.2, -0.15) is 0 Å². The maximum absolute atomic E-state index is 13.0. The molecule has 2 aromatic carbocycles. The molecule has 6 heteroatoms. The molecule has 1 N–H and O–H groups in total. The Morgan fingerprint density at radius 3 is 2.36 bits per heavy atom. The van der Waals surface area contributed by atoms with Gasteiger partial charge in [-0.05, 0) is 50.1 Å². The first-order valence-electron chi connectivity index (χ1n) is 9.41. The fourth-order valence-corrected chi connectivity index (χ4v) is 3.54. The number of aryl methyl sites for hydroxylation is 1. The van der Waals surface area contributed by atoms with Crippen LogP contribution in [0.15, 0.2) is 53.4 Å². The lowest BCUT2D eigenvalue weighted by molar-refractivity contribution is -0.138. The van der Waals surface area contributed by atoms with E-state index < -0.39 is 6.04 Å². The fraction of sp³-hybridized carbons (Fsp3) is 0.364. The lowest BCUT2D eigenvalue weighted by atomic mass is 10.1. The molecular formula is C22H27ClN2O2S. The Morgan fingerprint density at radius 2 is 1.75 bits per heavy atom. The number of nitrogens with zero attached hydrogens (tertiary/aromatic N) is 1. The molecule has 2 amide bonds. The predicted molar refractivity (Wildman–Crippen MR) is 117 cm³/mol. The van der Waals surface area contributed by atoms with Gasteiger partial charge in [-0.1, -0.05) is 48.4 Å². The Morgan fingerprint density at radius 1 is 1.11 bits per heavy atom. The average molecular weight is 419 g/mol. The van der Waals surface area contributed by atoms with Crippen LogP contribution in [0.2, 0.25) is 5.02 Å². The minimum atomic E-state index is -0.548. The Bertz CT molecular complexity index is 778. The molecule has 0 unspecified atom stereocenters. The molecule has 28 heavy (non-hydrogen) atoms. The zero-order valence-electron chi connectivity index (χ0n) is 16.6. The van der Waals surface area contributed by atoms with Crippen molar-refractivity contribution in [3.05, 3.63) is 64.7 Å². The van der Waals surface area contributed by atoms with Crippen LogP contribution in [0.5, 0.6) is 0 Å². The van der Waals surface area contributed by atoms with Crippen molar-refractivity contribution in [2.45, 2.75) is 44.7 Å². The maximum Gasteiger partial charge on any atom is 0.242 e. The molecular weight excluding hydrogens is 392 g/mol. The van der Waals surface area contributed by atoms with Crippen molar-refractivity contribution in [1.82, 2.24) is 10.2 Å². The van der Waals surface area contributed by atoms with Crippen LogP contribution in [-0.2, 0) is 16.1 Å². The molecule has 0 spiro atoms. The van der Waals surface area contributed by atoms with Crippen LogP contribution in [0.1, 0.15) is 31.4 Å². The molecule has 0 saturated carbocycles. The average Bonchev–Trinajstić information content (AvgIpc) is 2.70. The van der Waals surface area contributed by atoms with E-state index in [0.29, 0.717) is 18.1 Å². The molecule has 2 aromatic rings. The minimum absolute atomic E-state index is 0.0697. The third kappa shape index (κ3) is 6.88. The number of halogens is 1. The number of thioether (sulfide) groups is 1. The van der Waals surface area contributed by atoms with Crippen LogP contribution in [0.3, 0.4) is 0 Å². The molecule has 0 heterocycles. The highest BCUT2D eigenvalue weighted by Gasteiger charge is 2.25. The Labute approximate surface area is 176 Å². The maximum atomic E-state index is 13.0. The van der Waals surface area contributed by atoms with E-state index in [0.717, 1.165) is 16.9 Å². The number of carbonyl (C=O) groups is 2. The zero-order valence-corrected chi connectivity index (χ0v) is 18.1. The zero-order chi connectivity index (χ0) is 20.5. The largest absolute Gasteiger partial charge is 0.354 e. The molecule has 0 bridgehead atoms. The summed E-state index contributed by atoms with van der Waals surface area (Å²) in [6.45, 7) is 6.77. The number of carbonyl (C=O) groups excluding carboxylic acids is 2. The Hall–Kier alpha value is -1.98. The first-order chi connectivity index (χ1) is 13.4. The SMILES string of the molecule is CCCNC(=O)[C@@H](C)N(Cc1ccc(Cl)cc1)C(=O)CSc1ccc(C)cc1. The van der Waals surface area contributed by atoms with Gasteiger partial charge in [-0.25, -0.2) is 0 Å². The van der Waals surface area contributed by atoms with E-state index in [-0.39, 0.29) is 17.6 Å². The summed E-state index contributed by atoms with van der Waals surface area (Å²) in [6.07, 6.45) is 0.854. The van der Waals surface area contributed by atoms with Crippen LogP contribution in [0, 0.1) is 6.92 Å². The summed E-state index contributed by atoms with van der Waals surface area (Å²) in [5.41, 5.74) is 2.12. The molecule has 150 valence electrons. The first-order valence-corrected chi connectivity index (χ1v) is 10.8. The van der Waals surface area contributed by atoms with Gasteiger partial charge in [0.25, 0.3) is 0 Å². The molecule has 2 rings (SSSR count). The lowest BCUT2D eigenvalue weighted by Gasteiger charge is -2.28. The van der Waals surface area contributed by atoms with E-state index in [1.807, 2.05) is 50.2 Å². The molecule has 0 aliphatic carbocycles. The lowest BCUT2D eigenvalue weighted by Crippen LogP contribution is -2.48. The summed E-state index contributed by atoms with van der Waals surface area (Å²) < 4.78 is 0. The van der Waals surface area contributed by atoms with Gasteiger partial charge in [0, 0.05) is 23.0 Å². The van der Waals surface area contributed by atoms with E-state index in [9.17, 15) is 9.59 Å². The van der Waals surface area contributed by atoms with Crippen LogP contribution >= 0.6 is 23.4 Å². The first kappa shape index (κ1) is 22.3. The smallest absolute Gasteiger partial charge is 0.242 e. The number of hydrogen-bond donors (Lipinski definition) is 1. The van der Waals surface area contributed by atoms with Gasteiger partial charge in [0.05, 0.1) is 5.75 Å². The summed E-state index contributed by atoms with van der Waals surface area (Å²) in [5.74, 6) is 0.0753. The van der Waals surface area contributed by atoms with Gasteiger partial charge in [-0.15, -0.1) is 11.8 Å². The van der Waals surface area contributed by atoms with Gasteiger partial charge in [0.2, 0.25) is 11.8 Å². The standard InChI is InChI=1S/C22H27ClN2O2S/c1-4-13-24-22(27)17(3)25(14-18-7-9-19(23)10-8-18)21(26)15-28-20-11-5-16(2)6-12-20/h5-12,17H,4,13-15H2,1-3H3,(H,24,27)/t17-/m1/s1. The highest BCUT2D eigenvalue weighted by molar-refractivity contribution is 8.00. The van der Waals surface area contributed by atoms with E-state index in [2.05, 4.69) is 5.32 Å². The summed E-state index contributed by atoms with van der Waals surface area (Å²) >= 11 is 7.44. The number of hydrogen-bond acceptors (Lipinski definition) is 3. The van der Waals surface area contributed by atoms with Crippen molar-refractivity contribution in [1.29, 1.82) is 0 Å². The topological polar surface area (TPSA) is 49.4 Å². The van der Waals surface area contributed by atoms with Crippen molar-refractivity contribution < 1.29 is 9.59 Å². The van der Waals surface area contributed by atoms with Crippen LogP contribution in [-0.4, -0.2) is 35.1 Å². The van der Waals surface area contributed by atoms with Gasteiger partial charge < -0.3 is 10.2 Å². The summed E-state index contributed by atoms with van der Waals surface area (Å²) in [4.78, 5) is 28.1. The molecule has 0 saturated heterocycles. The quantitative estimate of drug-likeness (QED) is 0.601. The number of benzene rings is 2. The third-order valence-electron chi connectivity index (χ3n) is 4.37. The Balaban J connectivity index is 2.10. The van der Waals surface area contributed by atoms with Crippen LogP contribution in [0.25, 0.3) is 0 Å². The molecule has 0 aliphatic rings. The molecule has 4 nitrogen and oxygen atoms in total. The van der Waals surface area contributed by atoms with Crippen LogP contribution in [0.4, 0.5) is 0 Å². The fourth-order valence-electron chi connectivity index (χ4n) is 2.63. The number of rotatable bonds is 9. The minimum Gasteiger partial charge on any atom is -0.354 e. The predicted octanol–water partition coefficient (Wildman–Crippen LogP) is 4.68. The third-order valence-corrected chi connectivity index (χ3v) is 5.61. The number of amides is 2. The summed E-state index contributed by atoms with van der Waals surface area (Å²) in [6, 6.07) is 14.9. The molecule has 0 aliphatic heterocycles. The van der Waals surface area contributed by atoms with Crippen molar-refractivity contribution in [2.75, 3.05) is 12.3 Å². The normalized spacial score (nSPS) is 11.7.